The molecule has 0 saturated carbocycles. The summed E-state index contributed by atoms with van der Waals surface area (Å²) in [4.78, 5) is 12.8. The summed E-state index contributed by atoms with van der Waals surface area (Å²) in [5.74, 6) is -1.05. The first-order valence-corrected chi connectivity index (χ1v) is 9.88. The zero-order chi connectivity index (χ0) is 19.3. The maximum Gasteiger partial charge on any atom is 0.265 e. The third kappa shape index (κ3) is 2.60. The van der Waals surface area contributed by atoms with Crippen LogP contribution in [0.2, 0.25) is 5.02 Å². The lowest BCUT2D eigenvalue weighted by molar-refractivity contribution is 0.100. The Morgan fingerprint density at radius 3 is 2.44 bits per heavy atom. The quantitative estimate of drug-likeness (QED) is 0.490. The van der Waals surface area contributed by atoms with Crippen LogP contribution in [0.1, 0.15) is 15.9 Å². The highest BCUT2D eigenvalue weighted by atomic mass is 35.5. The van der Waals surface area contributed by atoms with E-state index in [9.17, 15) is 18.3 Å². The second kappa shape index (κ2) is 6.11. The Kier molecular flexibility index (Phi) is 3.98. The van der Waals surface area contributed by atoms with Crippen LogP contribution in [0.3, 0.4) is 0 Å². The Hall–Kier alpha value is -2.83. The van der Waals surface area contributed by atoms with Gasteiger partial charge in [0, 0.05) is 12.6 Å². The minimum Gasteiger partial charge on any atom is -0.505 e. The smallest absolute Gasteiger partial charge is 0.265 e. The Balaban J connectivity index is 1.99. The molecule has 0 bridgehead atoms. The van der Waals surface area contributed by atoms with E-state index in [1.165, 1.54) is 25.2 Å². The SMILES string of the molecule is CN1C(=C(O)c2ccc3ccccc3c2)C(=O)c2c(Cl)cccc2S1(=O)=O. The van der Waals surface area contributed by atoms with Gasteiger partial charge in [0.1, 0.15) is 10.6 Å². The molecule has 0 radical (unpaired) electrons. The molecule has 0 saturated heterocycles. The van der Waals surface area contributed by atoms with Crippen LogP contribution in [0.15, 0.2) is 71.3 Å². The van der Waals surface area contributed by atoms with Gasteiger partial charge in [0.25, 0.3) is 10.0 Å². The number of rotatable bonds is 1. The maximum absolute atomic E-state index is 13.0. The van der Waals surface area contributed by atoms with Crippen molar-refractivity contribution in [2.75, 3.05) is 7.05 Å². The Morgan fingerprint density at radius 1 is 1.00 bits per heavy atom. The number of carbonyl (C=O) groups is 1. The Labute approximate surface area is 161 Å². The van der Waals surface area contributed by atoms with Gasteiger partial charge in [-0.05, 0) is 29.0 Å². The number of ketones is 1. The fraction of sp³-hybridized carbons (Fsp3) is 0.0500. The molecule has 0 atom stereocenters. The molecule has 1 aliphatic heterocycles. The fourth-order valence-corrected chi connectivity index (χ4v) is 4.93. The standard InChI is InChI=1S/C20H14ClNO4S/c1-22-18(19(23)14-10-9-12-5-2-3-6-13(12)11-14)20(24)17-15(21)7-4-8-16(17)27(22,25)26/h2-11,23H,1H3. The van der Waals surface area contributed by atoms with Crippen LogP contribution in [0.5, 0.6) is 0 Å². The first-order chi connectivity index (χ1) is 12.8. The molecule has 27 heavy (non-hydrogen) atoms. The van der Waals surface area contributed by atoms with Gasteiger partial charge in [-0.25, -0.2) is 8.42 Å². The number of aliphatic hydroxyl groups excluding tert-OH is 1. The Bertz CT molecular complexity index is 1250. The van der Waals surface area contributed by atoms with Crippen LogP contribution in [0.4, 0.5) is 0 Å². The van der Waals surface area contributed by atoms with Crippen molar-refractivity contribution in [2.45, 2.75) is 4.90 Å². The molecule has 1 heterocycles. The molecule has 5 nitrogen and oxygen atoms in total. The van der Waals surface area contributed by atoms with Crippen molar-refractivity contribution >= 4 is 43.9 Å². The third-order valence-corrected chi connectivity index (χ3v) is 6.73. The predicted octanol–water partition coefficient (Wildman–Crippen LogP) is 4.24. The van der Waals surface area contributed by atoms with Crippen LogP contribution in [-0.2, 0) is 10.0 Å². The average molecular weight is 400 g/mol. The number of aliphatic hydroxyl groups is 1. The number of benzene rings is 3. The molecule has 4 rings (SSSR count). The minimum absolute atomic E-state index is 0.0259. The lowest BCUT2D eigenvalue weighted by Crippen LogP contribution is -2.37. The van der Waals surface area contributed by atoms with Crippen LogP contribution in [-0.4, -0.2) is 30.7 Å². The molecule has 0 aliphatic carbocycles. The van der Waals surface area contributed by atoms with E-state index < -0.39 is 21.6 Å². The number of fused-ring (bicyclic) bond motifs is 2. The van der Waals surface area contributed by atoms with E-state index in [0.717, 1.165) is 15.1 Å². The number of carbonyl (C=O) groups excluding carboxylic acids is 1. The molecule has 0 unspecified atom stereocenters. The van der Waals surface area contributed by atoms with Gasteiger partial charge in [-0.1, -0.05) is 54.1 Å². The van der Waals surface area contributed by atoms with E-state index in [2.05, 4.69) is 0 Å². The zero-order valence-corrected chi connectivity index (χ0v) is 15.8. The van der Waals surface area contributed by atoms with E-state index in [0.29, 0.717) is 5.56 Å². The lowest BCUT2D eigenvalue weighted by atomic mass is 10.0. The average Bonchev–Trinajstić information content (AvgIpc) is 2.66. The monoisotopic (exact) mass is 399 g/mol. The number of sulfonamides is 1. The van der Waals surface area contributed by atoms with Crippen LogP contribution < -0.4 is 0 Å². The van der Waals surface area contributed by atoms with E-state index >= 15 is 0 Å². The molecule has 1 aliphatic rings. The topological polar surface area (TPSA) is 74.7 Å². The van der Waals surface area contributed by atoms with Crippen molar-refractivity contribution in [3.8, 4) is 0 Å². The molecular weight excluding hydrogens is 386 g/mol. The minimum atomic E-state index is -4.01. The van der Waals surface area contributed by atoms with Crippen molar-refractivity contribution in [3.63, 3.8) is 0 Å². The first-order valence-electron chi connectivity index (χ1n) is 8.07. The van der Waals surface area contributed by atoms with E-state index in [4.69, 9.17) is 11.6 Å². The molecule has 0 aromatic heterocycles. The summed E-state index contributed by atoms with van der Waals surface area (Å²) < 4.78 is 26.5. The van der Waals surface area contributed by atoms with Crippen molar-refractivity contribution < 1.29 is 18.3 Å². The summed E-state index contributed by atoms with van der Waals surface area (Å²) in [6.45, 7) is 0. The molecule has 1 N–H and O–H groups in total. The fourth-order valence-electron chi connectivity index (χ4n) is 3.20. The highest BCUT2D eigenvalue weighted by Gasteiger charge is 2.40. The van der Waals surface area contributed by atoms with Gasteiger partial charge in [-0.15, -0.1) is 0 Å². The molecule has 7 heteroatoms. The molecule has 3 aromatic rings. The highest BCUT2D eigenvalue weighted by molar-refractivity contribution is 7.89. The summed E-state index contributed by atoms with van der Waals surface area (Å²) in [5.41, 5.74) is -0.111. The molecule has 0 spiro atoms. The predicted molar refractivity (Wildman–Crippen MR) is 104 cm³/mol. The molecule has 0 amide bonds. The summed E-state index contributed by atoms with van der Waals surface area (Å²) >= 11 is 6.10. The summed E-state index contributed by atoms with van der Waals surface area (Å²) in [6, 6.07) is 16.9. The first kappa shape index (κ1) is 17.6. The summed E-state index contributed by atoms with van der Waals surface area (Å²) in [7, 11) is -2.77. The van der Waals surface area contributed by atoms with Crippen LogP contribution in [0.25, 0.3) is 16.5 Å². The third-order valence-electron chi connectivity index (χ3n) is 4.62. The van der Waals surface area contributed by atoms with E-state index in [1.54, 1.807) is 18.2 Å². The van der Waals surface area contributed by atoms with Gasteiger partial charge in [0.2, 0.25) is 5.78 Å². The van der Waals surface area contributed by atoms with Gasteiger partial charge < -0.3 is 5.11 Å². The summed E-state index contributed by atoms with van der Waals surface area (Å²) in [6.07, 6.45) is 0. The molecular formula is C20H14ClNO4S. The van der Waals surface area contributed by atoms with Crippen molar-refractivity contribution in [2.24, 2.45) is 0 Å². The molecule has 0 fully saturated rings. The normalized spacial score (nSPS) is 17.7. The van der Waals surface area contributed by atoms with Crippen LogP contribution >= 0.6 is 11.6 Å². The van der Waals surface area contributed by atoms with Gasteiger partial charge in [-0.2, -0.15) is 0 Å². The van der Waals surface area contributed by atoms with Gasteiger partial charge >= 0.3 is 0 Å². The number of nitrogens with zero attached hydrogens (tertiary/aromatic N) is 1. The molecule has 3 aromatic carbocycles. The number of halogens is 1. The second-order valence-electron chi connectivity index (χ2n) is 6.17. The number of hydrogen-bond donors (Lipinski definition) is 1. The number of hydrogen-bond acceptors (Lipinski definition) is 4. The van der Waals surface area contributed by atoms with Crippen LogP contribution in [0, 0.1) is 0 Å². The maximum atomic E-state index is 13.0. The van der Waals surface area contributed by atoms with E-state index in [-0.39, 0.29) is 21.2 Å². The number of likely N-dealkylation sites (N-methyl/N-ethyl adjacent to an activating group) is 1. The van der Waals surface area contributed by atoms with Crippen molar-refractivity contribution in [1.29, 1.82) is 0 Å². The van der Waals surface area contributed by atoms with Crippen molar-refractivity contribution in [3.05, 3.63) is 82.5 Å². The zero-order valence-electron chi connectivity index (χ0n) is 14.2. The van der Waals surface area contributed by atoms with E-state index in [1.807, 2.05) is 24.3 Å². The second-order valence-corrected chi connectivity index (χ2v) is 8.52. The molecule has 136 valence electrons. The summed E-state index contributed by atoms with van der Waals surface area (Å²) in [5, 5.41) is 12.6. The van der Waals surface area contributed by atoms with Crippen molar-refractivity contribution in [1.82, 2.24) is 4.31 Å². The lowest BCUT2D eigenvalue weighted by Gasteiger charge is -2.29. The Morgan fingerprint density at radius 2 is 1.70 bits per heavy atom. The number of Topliss-reactive ketones (excluding diaryl/α,β-unsaturated/α-hetero) is 1. The number of allylic oxidation sites excluding steroid dienone is 1. The van der Waals surface area contributed by atoms with Gasteiger partial charge in [0.15, 0.2) is 5.76 Å². The highest BCUT2D eigenvalue weighted by Crippen LogP contribution is 2.37. The largest absolute Gasteiger partial charge is 0.505 e. The van der Waals surface area contributed by atoms with Gasteiger partial charge in [-0.3, -0.25) is 9.10 Å². The van der Waals surface area contributed by atoms with Gasteiger partial charge in [0.05, 0.1) is 10.6 Å².